The Hall–Kier alpha value is -4.37. The highest BCUT2D eigenvalue weighted by atomic mass is 35.5. The molecule has 0 bridgehead atoms. The number of hydrogen-bond acceptors (Lipinski definition) is 18. The minimum atomic E-state index is -0.561. The summed E-state index contributed by atoms with van der Waals surface area (Å²) < 4.78 is 17.8. The standard InChI is InChI=1S/C17H21ClN6OS.C7H2Cl2N4S.C7H4N4O2S.3CH4.B/c18-17-21-15(14-13(5-6-19)23-26-16(14)22-17)20-11-1-3-12(4-2-11)24-7-9-25-10-8-24;8-5-4-3(1-2-10)13-14-6(4)12-7(9)11-5;8-2-1-3-4-5(12)9-7(13)10-6(4)14-11-3;;;;/h11-12H,1-5,7-10H2,(H,20,21,22);1H2;1H2,(H2,9,10,12,13);3*1H4;. The Bertz CT molecular complexity index is 2530. The first-order valence-electron chi connectivity index (χ1n) is 16.3. The molecule has 3 radical (unpaired) electrons. The van der Waals surface area contributed by atoms with E-state index in [1.165, 1.54) is 24.4 Å². The number of morpholine rings is 1. The van der Waals surface area contributed by atoms with Crippen LogP contribution in [0.25, 0.3) is 30.6 Å². The molecule has 8 rings (SSSR count). The number of nitrogens with one attached hydrogen (secondary N) is 3. The Morgan fingerprint density at radius 2 is 1.24 bits per heavy atom. The highest BCUT2D eigenvalue weighted by Crippen LogP contribution is 2.32. The zero-order valence-electron chi connectivity index (χ0n) is 28.5. The number of nitrogens with zero attached hydrogens (tertiary/aromatic N) is 11. The average Bonchev–Trinajstić information content (AvgIpc) is 3.87. The Balaban J connectivity index is 0.000000312. The van der Waals surface area contributed by atoms with Gasteiger partial charge in [-0.25, -0.2) is 24.7 Å². The van der Waals surface area contributed by atoms with Gasteiger partial charge in [0.05, 0.1) is 83.9 Å². The third-order valence-corrected chi connectivity index (χ3v) is 11.5. The summed E-state index contributed by atoms with van der Waals surface area (Å²) in [5, 5.41) is 31.9. The number of aromatic nitrogens is 9. The van der Waals surface area contributed by atoms with Crippen molar-refractivity contribution < 1.29 is 4.74 Å². The molecule has 2 fully saturated rings. The van der Waals surface area contributed by atoms with Crippen molar-refractivity contribution in [1.82, 2.24) is 47.9 Å². The van der Waals surface area contributed by atoms with E-state index >= 15 is 0 Å². The van der Waals surface area contributed by atoms with Gasteiger partial charge in [-0.3, -0.25) is 19.7 Å². The van der Waals surface area contributed by atoms with Gasteiger partial charge in [-0.1, -0.05) is 33.9 Å². The van der Waals surface area contributed by atoms with Crippen LogP contribution >= 0.6 is 69.4 Å². The van der Waals surface area contributed by atoms with Crippen molar-refractivity contribution in [3.8, 4) is 18.2 Å². The Morgan fingerprint density at radius 1 is 0.724 bits per heavy atom. The third kappa shape index (κ3) is 11.9. The summed E-state index contributed by atoms with van der Waals surface area (Å²) in [5.41, 5.74) is 0.685. The number of H-pyrrole nitrogens is 2. The molecule has 0 amide bonds. The van der Waals surface area contributed by atoms with E-state index in [9.17, 15) is 9.59 Å². The van der Waals surface area contributed by atoms with Crippen molar-refractivity contribution in [2.75, 3.05) is 31.6 Å². The Morgan fingerprint density at radius 3 is 1.83 bits per heavy atom. The van der Waals surface area contributed by atoms with Crippen LogP contribution in [0.15, 0.2) is 9.59 Å². The molecule has 0 unspecified atom stereocenters. The zero-order valence-corrected chi connectivity index (χ0v) is 33.2. The number of halogens is 3. The van der Waals surface area contributed by atoms with Gasteiger partial charge in [-0.05, 0) is 83.5 Å². The van der Waals surface area contributed by atoms with Crippen molar-refractivity contribution >= 4 is 114 Å². The van der Waals surface area contributed by atoms with Crippen LogP contribution in [0.4, 0.5) is 5.82 Å². The van der Waals surface area contributed by atoms with Crippen LogP contribution in [0.5, 0.6) is 0 Å². The summed E-state index contributed by atoms with van der Waals surface area (Å²) >= 11 is 21.0. The molecule has 305 valence electrons. The fraction of sp³-hybridized carbons (Fsp3) is 0.471. The number of nitriles is 3. The van der Waals surface area contributed by atoms with E-state index in [1.807, 2.05) is 12.1 Å². The molecule has 1 saturated heterocycles. The molecule has 1 saturated carbocycles. The molecule has 0 spiro atoms. The van der Waals surface area contributed by atoms with Crippen LogP contribution in [0, 0.1) is 34.0 Å². The minimum absolute atomic E-state index is 0. The van der Waals surface area contributed by atoms with Gasteiger partial charge in [0.15, 0.2) is 4.83 Å². The molecule has 17 nitrogen and oxygen atoms in total. The third-order valence-electron chi connectivity index (χ3n) is 8.50. The molecule has 24 heteroatoms. The number of rotatable bonds is 6. The molecular weight excluding hydrogens is 866 g/mol. The fourth-order valence-electron chi connectivity index (χ4n) is 6.08. The molecule has 2 aliphatic rings. The molecule has 1 aliphatic carbocycles. The maximum Gasteiger partial charge on any atom is 0.326 e. The lowest BCUT2D eigenvalue weighted by atomic mass is 9.90. The second-order valence-corrected chi connectivity index (χ2v) is 15.1. The summed E-state index contributed by atoms with van der Waals surface area (Å²) in [5.74, 6) is 0.717. The lowest BCUT2D eigenvalue weighted by molar-refractivity contribution is 0.00791. The van der Waals surface area contributed by atoms with Crippen LogP contribution < -0.4 is 16.6 Å². The maximum atomic E-state index is 11.3. The SMILES string of the molecule is C.C.C.N#CCc1nsc2[nH]c(=O)[nH]c(=O)c12.N#CCc1nsc2nc(Cl)nc(Cl)c12.N#CCc1nsc2nc(Cl)nc(NC3CCC(N4CCOCC4)CC3)c12.[B]. The highest BCUT2D eigenvalue weighted by Gasteiger charge is 2.28. The van der Waals surface area contributed by atoms with Gasteiger partial charge in [0, 0.05) is 33.6 Å². The van der Waals surface area contributed by atoms with Crippen LogP contribution in [0.1, 0.15) is 65.0 Å². The van der Waals surface area contributed by atoms with Gasteiger partial charge in [0.2, 0.25) is 10.6 Å². The molecule has 58 heavy (non-hydrogen) atoms. The normalized spacial score (nSPS) is 15.9. The monoisotopic (exact) mass is 903 g/mol. The van der Waals surface area contributed by atoms with Gasteiger partial charge < -0.3 is 10.1 Å². The average molecular weight is 905 g/mol. The number of fused-ring (bicyclic) bond motifs is 3. The summed E-state index contributed by atoms with van der Waals surface area (Å²) in [7, 11) is 0. The quantitative estimate of drug-likeness (QED) is 0.0906. The molecule has 3 N–H and O–H groups in total. The molecule has 6 aromatic rings. The number of hydrogen-bond donors (Lipinski definition) is 3. The lowest BCUT2D eigenvalue weighted by Crippen LogP contribution is -2.46. The van der Waals surface area contributed by atoms with E-state index in [0.29, 0.717) is 49.7 Å². The van der Waals surface area contributed by atoms with Crippen molar-refractivity contribution in [3.63, 3.8) is 0 Å². The lowest BCUT2D eigenvalue weighted by Gasteiger charge is -2.39. The topological polar surface area (TPSA) is 252 Å². The number of ether oxygens (including phenoxy) is 1. The Kier molecular flexibility index (Phi) is 20.0. The summed E-state index contributed by atoms with van der Waals surface area (Å²) in [6.07, 6.45) is 5.05. The van der Waals surface area contributed by atoms with Gasteiger partial charge in [-0.15, -0.1) is 0 Å². The first-order chi connectivity index (χ1) is 26.2. The smallest absolute Gasteiger partial charge is 0.326 e. The van der Waals surface area contributed by atoms with Gasteiger partial charge >= 0.3 is 5.69 Å². The van der Waals surface area contributed by atoms with Crippen molar-refractivity contribution in [3.05, 3.63) is 53.6 Å². The predicted octanol–water partition coefficient (Wildman–Crippen LogP) is 6.59. The first-order valence-corrected chi connectivity index (χ1v) is 19.7. The van der Waals surface area contributed by atoms with Crippen LogP contribution in [0.3, 0.4) is 0 Å². The van der Waals surface area contributed by atoms with Gasteiger partial charge in [0.1, 0.15) is 20.6 Å². The molecular formula is C34H39BCl3N14O3S3. The number of anilines is 1. The van der Waals surface area contributed by atoms with Gasteiger partial charge in [-0.2, -0.15) is 28.9 Å². The zero-order chi connectivity index (χ0) is 38.2. The first kappa shape index (κ1) is 49.8. The molecule has 0 atom stereocenters. The number of aromatic amines is 2. The van der Waals surface area contributed by atoms with Crippen molar-refractivity contribution in [2.45, 2.75) is 79.3 Å². The van der Waals surface area contributed by atoms with Gasteiger partial charge in [0.25, 0.3) is 5.56 Å². The van der Waals surface area contributed by atoms with E-state index in [1.54, 1.807) is 0 Å². The summed E-state index contributed by atoms with van der Waals surface area (Å²) in [6, 6.07) is 7.08. The highest BCUT2D eigenvalue weighted by molar-refractivity contribution is 7.13. The fourth-order valence-corrected chi connectivity index (χ4v) is 9.27. The van der Waals surface area contributed by atoms with Crippen LogP contribution in [-0.2, 0) is 24.0 Å². The predicted molar refractivity (Wildman–Crippen MR) is 232 cm³/mol. The van der Waals surface area contributed by atoms with E-state index in [0.717, 1.165) is 78.1 Å². The van der Waals surface area contributed by atoms with E-state index in [2.05, 4.69) is 59.3 Å². The van der Waals surface area contributed by atoms with Crippen molar-refractivity contribution in [2.24, 2.45) is 0 Å². The Labute approximate surface area is 363 Å². The molecule has 6 aromatic heterocycles. The summed E-state index contributed by atoms with van der Waals surface area (Å²) in [6.45, 7) is 3.79. The van der Waals surface area contributed by atoms with Crippen LogP contribution in [-0.4, -0.2) is 94.7 Å². The van der Waals surface area contributed by atoms with E-state index < -0.39 is 11.2 Å². The maximum absolute atomic E-state index is 11.3. The minimum Gasteiger partial charge on any atom is -0.379 e. The second-order valence-electron chi connectivity index (χ2n) is 11.8. The largest absolute Gasteiger partial charge is 0.379 e. The molecule has 7 heterocycles. The second kappa shape index (κ2) is 23.3. The van der Waals surface area contributed by atoms with Crippen LogP contribution in [0.2, 0.25) is 15.7 Å². The van der Waals surface area contributed by atoms with Crippen molar-refractivity contribution in [1.29, 1.82) is 15.8 Å². The van der Waals surface area contributed by atoms with E-state index in [-0.39, 0.29) is 65.7 Å². The molecule has 1 aliphatic heterocycles. The van der Waals surface area contributed by atoms with E-state index in [4.69, 9.17) is 55.3 Å². The molecule has 0 aromatic carbocycles. The summed E-state index contributed by atoms with van der Waals surface area (Å²) in [4.78, 5) is 47.5.